The molecule has 0 amide bonds. The SMILES string of the molecule is C=C(C)C(=O)O/C(=C/COC(CC)CC)CC. The van der Waals surface area contributed by atoms with Crippen LogP contribution in [0.5, 0.6) is 0 Å². The van der Waals surface area contributed by atoms with E-state index in [-0.39, 0.29) is 12.1 Å². The van der Waals surface area contributed by atoms with Crippen molar-refractivity contribution in [3.63, 3.8) is 0 Å². The van der Waals surface area contributed by atoms with Gasteiger partial charge in [-0.25, -0.2) is 4.79 Å². The number of hydrogen-bond acceptors (Lipinski definition) is 3. The molecule has 0 aliphatic rings. The number of rotatable bonds is 8. The van der Waals surface area contributed by atoms with Crippen molar-refractivity contribution in [3.8, 4) is 0 Å². The highest BCUT2D eigenvalue weighted by Crippen LogP contribution is 2.08. The molecule has 0 radical (unpaired) electrons. The molecule has 0 spiro atoms. The lowest BCUT2D eigenvalue weighted by Gasteiger charge is -2.12. The second-order valence-corrected chi connectivity index (χ2v) is 3.97. The van der Waals surface area contributed by atoms with Gasteiger partial charge < -0.3 is 9.47 Å². The lowest BCUT2D eigenvalue weighted by molar-refractivity contribution is -0.135. The van der Waals surface area contributed by atoms with E-state index in [4.69, 9.17) is 9.47 Å². The Hall–Kier alpha value is -1.09. The standard InChI is InChI=1S/C14H24O3/c1-6-12(7-2)16-10-9-13(8-3)17-14(15)11(4)5/h9,12H,4,6-8,10H2,1-3,5H3/b13-9+. The fourth-order valence-electron chi connectivity index (χ4n) is 1.27. The number of hydrogen-bond donors (Lipinski definition) is 0. The minimum atomic E-state index is -0.374. The number of carbonyl (C=O) groups excluding carboxylic acids is 1. The first kappa shape index (κ1) is 15.9. The molecule has 3 heteroatoms. The molecule has 0 aromatic carbocycles. The molecule has 0 aromatic heterocycles. The van der Waals surface area contributed by atoms with Crippen molar-refractivity contribution < 1.29 is 14.3 Å². The maximum Gasteiger partial charge on any atom is 0.338 e. The summed E-state index contributed by atoms with van der Waals surface area (Å²) in [4.78, 5) is 11.3. The van der Waals surface area contributed by atoms with E-state index in [0.29, 0.717) is 24.4 Å². The molecule has 0 rings (SSSR count). The Kier molecular flexibility index (Phi) is 8.42. The Bertz CT molecular complexity index is 275. The van der Waals surface area contributed by atoms with Gasteiger partial charge in [-0.1, -0.05) is 27.4 Å². The fourth-order valence-corrected chi connectivity index (χ4v) is 1.27. The number of esters is 1. The van der Waals surface area contributed by atoms with E-state index in [1.54, 1.807) is 6.92 Å². The van der Waals surface area contributed by atoms with Crippen LogP contribution in [-0.4, -0.2) is 18.7 Å². The highest BCUT2D eigenvalue weighted by Gasteiger charge is 2.07. The molecule has 0 aliphatic heterocycles. The third kappa shape index (κ3) is 6.95. The molecule has 0 fully saturated rings. The minimum absolute atomic E-state index is 0.279. The van der Waals surface area contributed by atoms with Gasteiger partial charge in [-0.15, -0.1) is 0 Å². The molecule has 0 aromatic rings. The summed E-state index contributed by atoms with van der Waals surface area (Å²) in [6.45, 7) is 11.8. The fraction of sp³-hybridized carbons (Fsp3) is 0.643. The predicted octanol–water partition coefficient (Wildman–Crippen LogP) is 3.60. The molecule has 0 saturated carbocycles. The average molecular weight is 240 g/mol. The molecule has 3 nitrogen and oxygen atoms in total. The van der Waals surface area contributed by atoms with Crippen molar-refractivity contribution in [2.24, 2.45) is 0 Å². The minimum Gasteiger partial charge on any atom is -0.428 e. The van der Waals surface area contributed by atoms with E-state index >= 15 is 0 Å². The largest absolute Gasteiger partial charge is 0.428 e. The first-order chi connectivity index (χ1) is 8.04. The average Bonchev–Trinajstić information content (AvgIpc) is 2.32. The lowest BCUT2D eigenvalue weighted by Crippen LogP contribution is -2.11. The summed E-state index contributed by atoms with van der Waals surface area (Å²) in [7, 11) is 0. The van der Waals surface area contributed by atoms with Gasteiger partial charge in [0.1, 0.15) is 5.76 Å². The molecule has 0 unspecified atom stereocenters. The van der Waals surface area contributed by atoms with E-state index in [0.717, 1.165) is 12.8 Å². The van der Waals surface area contributed by atoms with Crippen molar-refractivity contribution in [2.75, 3.05) is 6.61 Å². The van der Waals surface area contributed by atoms with Gasteiger partial charge in [-0.3, -0.25) is 0 Å². The Morgan fingerprint density at radius 1 is 1.29 bits per heavy atom. The molecule has 0 bridgehead atoms. The second kappa shape index (κ2) is 8.99. The molecule has 0 heterocycles. The van der Waals surface area contributed by atoms with Gasteiger partial charge in [-0.05, 0) is 25.8 Å². The summed E-state index contributed by atoms with van der Waals surface area (Å²) in [5, 5.41) is 0. The first-order valence-corrected chi connectivity index (χ1v) is 6.23. The van der Waals surface area contributed by atoms with Crippen molar-refractivity contribution in [2.45, 2.75) is 53.1 Å². The summed E-state index contributed by atoms with van der Waals surface area (Å²) in [5.41, 5.74) is 0.408. The summed E-state index contributed by atoms with van der Waals surface area (Å²) in [6.07, 6.45) is 4.76. The molecule has 0 aliphatic carbocycles. The molecule has 0 saturated heterocycles. The van der Waals surface area contributed by atoms with Crippen LogP contribution in [0.25, 0.3) is 0 Å². The summed E-state index contributed by atoms with van der Waals surface area (Å²) < 4.78 is 10.8. The summed E-state index contributed by atoms with van der Waals surface area (Å²) in [5.74, 6) is 0.268. The lowest BCUT2D eigenvalue weighted by atomic mass is 10.2. The van der Waals surface area contributed by atoms with Crippen LogP contribution in [-0.2, 0) is 14.3 Å². The number of ether oxygens (including phenoxy) is 2. The van der Waals surface area contributed by atoms with Gasteiger partial charge in [0.15, 0.2) is 0 Å². The van der Waals surface area contributed by atoms with Crippen molar-refractivity contribution in [3.05, 3.63) is 24.0 Å². The third-order valence-electron chi connectivity index (χ3n) is 2.47. The van der Waals surface area contributed by atoms with Crippen LogP contribution in [0.2, 0.25) is 0 Å². The highest BCUT2D eigenvalue weighted by molar-refractivity contribution is 5.87. The Morgan fingerprint density at radius 3 is 2.29 bits per heavy atom. The van der Waals surface area contributed by atoms with E-state index in [1.165, 1.54) is 0 Å². The zero-order chi connectivity index (χ0) is 13.3. The predicted molar refractivity (Wildman–Crippen MR) is 69.6 cm³/mol. The first-order valence-electron chi connectivity index (χ1n) is 6.23. The topological polar surface area (TPSA) is 35.5 Å². The summed E-state index contributed by atoms with van der Waals surface area (Å²) in [6, 6.07) is 0. The normalized spacial score (nSPS) is 11.7. The van der Waals surface area contributed by atoms with Crippen LogP contribution in [0, 0.1) is 0 Å². The van der Waals surface area contributed by atoms with Crippen LogP contribution in [0.4, 0.5) is 0 Å². The highest BCUT2D eigenvalue weighted by atomic mass is 16.5. The van der Waals surface area contributed by atoms with Crippen LogP contribution < -0.4 is 0 Å². The monoisotopic (exact) mass is 240 g/mol. The van der Waals surface area contributed by atoms with E-state index in [2.05, 4.69) is 20.4 Å². The van der Waals surface area contributed by atoms with Gasteiger partial charge in [0.25, 0.3) is 0 Å². The van der Waals surface area contributed by atoms with Crippen molar-refractivity contribution in [1.29, 1.82) is 0 Å². The Labute approximate surface area is 104 Å². The van der Waals surface area contributed by atoms with Gasteiger partial charge in [0, 0.05) is 12.0 Å². The van der Waals surface area contributed by atoms with Crippen LogP contribution in [0.3, 0.4) is 0 Å². The Morgan fingerprint density at radius 2 is 1.88 bits per heavy atom. The van der Waals surface area contributed by atoms with E-state index in [9.17, 15) is 4.79 Å². The van der Waals surface area contributed by atoms with Crippen LogP contribution in [0.1, 0.15) is 47.0 Å². The molecule has 17 heavy (non-hydrogen) atoms. The van der Waals surface area contributed by atoms with Gasteiger partial charge in [0.05, 0.1) is 12.7 Å². The quantitative estimate of drug-likeness (QED) is 0.369. The second-order valence-electron chi connectivity index (χ2n) is 3.97. The Balaban J connectivity index is 4.17. The summed E-state index contributed by atoms with van der Waals surface area (Å²) >= 11 is 0. The smallest absolute Gasteiger partial charge is 0.338 e. The maximum absolute atomic E-state index is 11.3. The number of carbonyl (C=O) groups is 1. The van der Waals surface area contributed by atoms with E-state index < -0.39 is 0 Å². The molecule has 0 atom stereocenters. The molecular formula is C14H24O3. The zero-order valence-electron chi connectivity index (χ0n) is 11.4. The van der Waals surface area contributed by atoms with E-state index in [1.807, 2.05) is 13.0 Å². The molecule has 98 valence electrons. The molecular weight excluding hydrogens is 216 g/mol. The maximum atomic E-state index is 11.3. The van der Waals surface area contributed by atoms with Crippen LogP contribution in [0.15, 0.2) is 24.0 Å². The van der Waals surface area contributed by atoms with Crippen LogP contribution >= 0.6 is 0 Å². The molecule has 0 N–H and O–H groups in total. The third-order valence-corrected chi connectivity index (χ3v) is 2.47. The zero-order valence-corrected chi connectivity index (χ0v) is 11.4. The van der Waals surface area contributed by atoms with Crippen molar-refractivity contribution in [1.82, 2.24) is 0 Å². The van der Waals surface area contributed by atoms with Gasteiger partial charge in [-0.2, -0.15) is 0 Å². The van der Waals surface area contributed by atoms with Gasteiger partial charge in [0.2, 0.25) is 0 Å². The van der Waals surface area contributed by atoms with Crippen molar-refractivity contribution >= 4 is 5.97 Å². The number of allylic oxidation sites excluding steroid dienone is 1. The van der Waals surface area contributed by atoms with Gasteiger partial charge >= 0.3 is 5.97 Å².